The monoisotopic (exact) mass is 187 g/mol. The molecule has 0 spiro atoms. The molecule has 0 aromatic rings. The molecule has 0 aromatic heterocycles. The smallest absolute Gasteiger partial charge is 0.123 e. The summed E-state index contributed by atoms with van der Waals surface area (Å²) in [7, 11) is 0. The second-order valence-electron chi connectivity index (χ2n) is 4.72. The molecule has 0 saturated heterocycles. The average Bonchev–Trinajstić information content (AvgIpc) is 2.47. The lowest BCUT2D eigenvalue weighted by Gasteiger charge is -2.19. The van der Waals surface area contributed by atoms with E-state index >= 15 is 0 Å². The topological polar surface area (TPSA) is 12.0 Å². The zero-order valence-electron chi connectivity index (χ0n) is 8.91. The maximum atomic E-state index is 13.8. The van der Waals surface area contributed by atoms with Gasteiger partial charge in [0, 0.05) is 6.54 Å². The third kappa shape index (κ3) is 4.08. The van der Waals surface area contributed by atoms with Crippen LogP contribution in [-0.2, 0) is 0 Å². The van der Waals surface area contributed by atoms with E-state index in [0.29, 0.717) is 12.5 Å². The molecule has 1 aliphatic carbocycles. The first-order valence-electron chi connectivity index (χ1n) is 5.52. The summed E-state index contributed by atoms with van der Waals surface area (Å²) in [4.78, 5) is 0. The van der Waals surface area contributed by atoms with Crippen molar-refractivity contribution in [2.75, 3.05) is 13.1 Å². The normalized spacial score (nSPS) is 21.2. The van der Waals surface area contributed by atoms with Crippen molar-refractivity contribution in [2.45, 2.75) is 51.6 Å². The van der Waals surface area contributed by atoms with Gasteiger partial charge < -0.3 is 5.32 Å². The zero-order valence-corrected chi connectivity index (χ0v) is 8.91. The highest BCUT2D eigenvalue weighted by atomic mass is 19.1. The van der Waals surface area contributed by atoms with E-state index in [1.54, 1.807) is 0 Å². The van der Waals surface area contributed by atoms with Crippen molar-refractivity contribution in [3.63, 3.8) is 0 Å². The molecular formula is C11H22FN. The summed E-state index contributed by atoms with van der Waals surface area (Å²) < 4.78 is 13.8. The quantitative estimate of drug-likeness (QED) is 0.653. The van der Waals surface area contributed by atoms with Gasteiger partial charge in [-0.3, -0.25) is 0 Å². The van der Waals surface area contributed by atoms with Crippen LogP contribution in [0.25, 0.3) is 0 Å². The minimum Gasteiger partial charge on any atom is -0.314 e. The van der Waals surface area contributed by atoms with Crippen LogP contribution in [0.1, 0.15) is 46.0 Å². The van der Waals surface area contributed by atoms with Crippen molar-refractivity contribution in [1.82, 2.24) is 5.32 Å². The minimum atomic E-state index is -0.878. The van der Waals surface area contributed by atoms with Crippen LogP contribution in [0.5, 0.6) is 0 Å². The molecule has 0 aromatic carbocycles. The van der Waals surface area contributed by atoms with Gasteiger partial charge in [-0.05, 0) is 31.7 Å². The van der Waals surface area contributed by atoms with Gasteiger partial charge in [0.1, 0.15) is 5.67 Å². The minimum absolute atomic E-state index is 0.569. The van der Waals surface area contributed by atoms with Gasteiger partial charge in [0.05, 0.1) is 0 Å². The first-order valence-corrected chi connectivity index (χ1v) is 5.52. The van der Waals surface area contributed by atoms with Crippen LogP contribution in [0.4, 0.5) is 4.39 Å². The number of hydrogen-bond acceptors (Lipinski definition) is 1. The number of halogens is 1. The van der Waals surface area contributed by atoms with E-state index in [-0.39, 0.29) is 0 Å². The second-order valence-corrected chi connectivity index (χ2v) is 4.72. The van der Waals surface area contributed by atoms with Gasteiger partial charge >= 0.3 is 0 Å². The van der Waals surface area contributed by atoms with E-state index in [0.717, 1.165) is 38.6 Å². The van der Waals surface area contributed by atoms with Crippen LogP contribution in [0.15, 0.2) is 0 Å². The standard InChI is InChI=1S/C11H22FN/c1-10(2)5-8-13-9-11(12)6-3-4-7-11/h10,13H,3-9H2,1-2H3. The number of rotatable bonds is 5. The Balaban J connectivity index is 2.04. The van der Waals surface area contributed by atoms with Crippen molar-refractivity contribution < 1.29 is 4.39 Å². The van der Waals surface area contributed by atoms with Gasteiger partial charge in [0.25, 0.3) is 0 Å². The first-order chi connectivity index (χ1) is 6.12. The molecule has 13 heavy (non-hydrogen) atoms. The summed E-state index contributed by atoms with van der Waals surface area (Å²) in [6.07, 6.45) is 4.82. The molecule has 2 heteroatoms. The van der Waals surface area contributed by atoms with E-state index in [4.69, 9.17) is 0 Å². The van der Waals surface area contributed by atoms with Gasteiger partial charge in [-0.1, -0.05) is 26.7 Å². The molecule has 1 saturated carbocycles. The molecule has 1 nitrogen and oxygen atoms in total. The van der Waals surface area contributed by atoms with E-state index in [1.807, 2.05) is 0 Å². The van der Waals surface area contributed by atoms with Crippen LogP contribution < -0.4 is 5.32 Å². The molecule has 0 aliphatic heterocycles. The van der Waals surface area contributed by atoms with Crippen LogP contribution >= 0.6 is 0 Å². The molecule has 0 radical (unpaired) electrons. The van der Waals surface area contributed by atoms with Crippen molar-refractivity contribution in [2.24, 2.45) is 5.92 Å². The Morgan fingerprint density at radius 1 is 1.31 bits per heavy atom. The van der Waals surface area contributed by atoms with Crippen molar-refractivity contribution in [3.05, 3.63) is 0 Å². The van der Waals surface area contributed by atoms with Crippen LogP contribution in [-0.4, -0.2) is 18.8 Å². The summed E-state index contributed by atoms with van der Waals surface area (Å²) in [5, 5.41) is 3.22. The largest absolute Gasteiger partial charge is 0.314 e. The lowest BCUT2D eigenvalue weighted by Crippen LogP contribution is -2.34. The van der Waals surface area contributed by atoms with Gasteiger partial charge in [-0.2, -0.15) is 0 Å². The van der Waals surface area contributed by atoms with Gasteiger partial charge in [-0.25, -0.2) is 4.39 Å². The third-order valence-electron chi connectivity index (χ3n) is 2.84. The van der Waals surface area contributed by atoms with Crippen LogP contribution in [0.3, 0.4) is 0 Å². The Morgan fingerprint density at radius 3 is 2.46 bits per heavy atom. The van der Waals surface area contributed by atoms with Gasteiger partial charge in [0.15, 0.2) is 0 Å². The number of alkyl halides is 1. The lowest BCUT2D eigenvalue weighted by molar-refractivity contribution is 0.168. The Hall–Kier alpha value is -0.110. The molecule has 1 aliphatic rings. The van der Waals surface area contributed by atoms with E-state index in [2.05, 4.69) is 19.2 Å². The van der Waals surface area contributed by atoms with E-state index < -0.39 is 5.67 Å². The maximum absolute atomic E-state index is 13.8. The molecule has 1 N–H and O–H groups in total. The average molecular weight is 187 g/mol. The highest BCUT2D eigenvalue weighted by molar-refractivity contribution is 4.86. The summed E-state index contributed by atoms with van der Waals surface area (Å²) in [5.74, 6) is 0.714. The number of nitrogens with one attached hydrogen (secondary N) is 1. The predicted octanol–water partition coefficient (Wildman–Crippen LogP) is 2.90. The fourth-order valence-corrected chi connectivity index (χ4v) is 1.89. The molecule has 0 unspecified atom stereocenters. The highest BCUT2D eigenvalue weighted by Gasteiger charge is 2.32. The molecule has 78 valence electrons. The maximum Gasteiger partial charge on any atom is 0.123 e. The van der Waals surface area contributed by atoms with Crippen molar-refractivity contribution >= 4 is 0 Å². The molecule has 0 atom stereocenters. The van der Waals surface area contributed by atoms with Gasteiger partial charge in [0.2, 0.25) is 0 Å². The van der Waals surface area contributed by atoms with E-state index in [9.17, 15) is 4.39 Å². The Labute approximate surface area is 81.1 Å². The lowest BCUT2D eigenvalue weighted by atomic mass is 10.0. The van der Waals surface area contributed by atoms with Crippen molar-refractivity contribution in [1.29, 1.82) is 0 Å². The fraction of sp³-hybridized carbons (Fsp3) is 1.00. The molecule has 0 amide bonds. The van der Waals surface area contributed by atoms with E-state index in [1.165, 1.54) is 0 Å². The molecular weight excluding hydrogens is 165 g/mol. The molecule has 1 rings (SSSR count). The summed E-state index contributed by atoms with van der Waals surface area (Å²) in [6, 6.07) is 0. The Kier molecular flexibility index (Phi) is 4.17. The second kappa shape index (κ2) is 4.94. The SMILES string of the molecule is CC(C)CCNCC1(F)CCCC1. The fourth-order valence-electron chi connectivity index (χ4n) is 1.89. The molecule has 0 bridgehead atoms. The highest BCUT2D eigenvalue weighted by Crippen LogP contribution is 2.32. The van der Waals surface area contributed by atoms with Crippen molar-refractivity contribution in [3.8, 4) is 0 Å². The number of hydrogen-bond donors (Lipinski definition) is 1. The van der Waals surface area contributed by atoms with Crippen LogP contribution in [0.2, 0.25) is 0 Å². The Bertz CT molecular complexity index is 139. The third-order valence-corrected chi connectivity index (χ3v) is 2.84. The summed E-state index contributed by atoms with van der Waals surface area (Å²) in [5.41, 5.74) is -0.878. The molecule has 0 heterocycles. The predicted molar refractivity (Wildman–Crippen MR) is 54.6 cm³/mol. The first kappa shape index (κ1) is 11.0. The Morgan fingerprint density at radius 2 is 1.92 bits per heavy atom. The summed E-state index contributed by atoms with van der Waals surface area (Å²) in [6.45, 7) is 5.92. The van der Waals surface area contributed by atoms with Crippen LogP contribution in [0, 0.1) is 5.92 Å². The van der Waals surface area contributed by atoms with Gasteiger partial charge in [-0.15, -0.1) is 0 Å². The molecule has 1 fully saturated rings. The zero-order chi connectivity index (χ0) is 9.73. The summed E-state index contributed by atoms with van der Waals surface area (Å²) >= 11 is 0.